The molecule has 0 amide bonds. The van der Waals surface area contributed by atoms with Gasteiger partial charge in [0.05, 0.1) is 19.0 Å². The van der Waals surface area contributed by atoms with Crippen molar-refractivity contribution in [2.45, 2.75) is 64.1 Å². The van der Waals surface area contributed by atoms with Crippen LogP contribution >= 0.6 is 6.64 Å². The Kier molecular flexibility index (Phi) is 9.43. The van der Waals surface area contributed by atoms with Gasteiger partial charge in [-0.05, 0) is 51.6 Å². The van der Waals surface area contributed by atoms with Crippen LogP contribution in [-0.4, -0.2) is 79.1 Å². The maximum Gasteiger partial charge on any atom is 0.323 e. The second-order valence-corrected chi connectivity index (χ2v) is 12.5. The monoisotopic (exact) mass is 614 g/mol. The number of nitrogens with one attached hydrogen (secondary N) is 1. The molecule has 1 saturated heterocycles. The largest absolute Gasteiger partial charge is 0.476 e. The summed E-state index contributed by atoms with van der Waals surface area (Å²) in [5, 5.41) is 24.3. The van der Waals surface area contributed by atoms with Gasteiger partial charge in [0.25, 0.3) is 5.85 Å². The first-order valence-corrected chi connectivity index (χ1v) is 15.3. The molecule has 0 saturated carbocycles. The SMILES string of the molecule is CCOc1nc(N)nc2c1ncn2C1OC(F)(COP(=S)(NC(C)C(=O)OC(C)C)Oc2ccccc2)C(O)C1O. The molecule has 3 aromatic rings. The zero-order valence-electron chi connectivity index (χ0n) is 22.7. The molecule has 14 nitrogen and oxygen atoms in total. The molecule has 1 aromatic carbocycles. The van der Waals surface area contributed by atoms with E-state index in [9.17, 15) is 15.0 Å². The number of rotatable bonds is 12. The van der Waals surface area contributed by atoms with Gasteiger partial charge >= 0.3 is 12.6 Å². The molecule has 1 aliphatic heterocycles. The van der Waals surface area contributed by atoms with Gasteiger partial charge in [0.2, 0.25) is 11.8 Å². The zero-order chi connectivity index (χ0) is 29.9. The third-order valence-corrected chi connectivity index (χ3v) is 8.27. The molecule has 1 fully saturated rings. The van der Waals surface area contributed by atoms with E-state index in [1.54, 1.807) is 51.1 Å². The van der Waals surface area contributed by atoms with Crippen LogP contribution in [0.3, 0.4) is 0 Å². The van der Waals surface area contributed by atoms with Crippen molar-refractivity contribution < 1.29 is 42.7 Å². The van der Waals surface area contributed by atoms with Crippen molar-refractivity contribution in [3.63, 3.8) is 0 Å². The normalized spacial score (nSPS) is 24.7. The number of aliphatic hydroxyl groups is 2. The number of halogens is 1. The molecule has 0 radical (unpaired) electrons. The Hall–Kier alpha value is -2.98. The van der Waals surface area contributed by atoms with E-state index in [4.69, 9.17) is 40.8 Å². The molecule has 6 unspecified atom stereocenters. The van der Waals surface area contributed by atoms with Crippen molar-refractivity contribution in [1.82, 2.24) is 24.6 Å². The minimum Gasteiger partial charge on any atom is -0.476 e. The standard InChI is InChI=1S/C24H32FN6O8PS/c1-5-35-20-16-19(28-23(26)29-20)31(12-27-16)21-17(32)18(33)24(25,38-21)11-36-40(41,39-15-9-7-6-8-10-15)30-14(4)22(34)37-13(2)3/h6-10,12-14,17-18,21,32-33H,5,11H2,1-4H3,(H,30,41)(H2,26,28,29). The molecular formula is C24H32FN6O8PS. The molecule has 6 atom stereocenters. The quantitative estimate of drug-likeness (QED) is 0.171. The van der Waals surface area contributed by atoms with Gasteiger partial charge in [0.15, 0.2) is 17.4 Å². The number of hydrogen-bond donors (Lipinski definition) is 4. The molecule has 0 spiro atoms. The number of aliphatic hydroxyl groups excluding tert-OH is 2. The van der Waals surface area contributed by atoms with Crippen LogP contribution < -0.4 is 20.1 Å². The number of anilines is 1. The van der Waals surface area contributed by atoms with Crippen LogP contribution in [0.25, 0.3) is 11.2 Å². The van der Waals surface area contributed by atoms with Crippen LogP contribution in [0.4, 0.5) is 10.3 Å². The molecule has 17 heteroatoms. The summed E-state index contributed by atoms with van der Waals surface area (Å²) in [6, 6.07) is 7.35. The number of nitrogens with zero attached hydrogens (tertiary/aromatic N) is 4. The first-order valence-electron chi connectivity index (χ1n) is 12.7. The van der Waals surface area contributed by atoms with Gasteiger partial charge < -0.3 is 39.2 Å². The number of benzene rings is 1. The summed E-state index contributed by atoms with van der Waals surface area (Å²) in [6.07, 6.45) is -4.53. The minimum atomic E-state index is -3.68. The van der Waals surface area contributed by atoms with Gasteiger partial charge in [-0.25, -0.2) is 14.5 Å². The van der Waals surface area contributed by atoms with Crippen molar-refractivity contribution in [1.29, 1.82) is 0 Å². The lowest BCUT2D eigenvalue weighted by Gasteiger charge is -2.30. The van der Waals surface area contributed by atoms with Gasteiger partial charge in [0, 0.05) is 0 Å². The molecule has 2 aromatic heterocycles. The highest BCUT2D eigenvalue weighted by Gasteiger charge is 2.57. The summed E-state index contributed by atoms with van der Waals surface area (Å²) in [4.78, 5) is 24.7. The van der Waals surface area contributed by atoms with Gasteiger partial charge in [-0.2, -0.15) is 9.97 Å². The van der Waals surface area contributed by atoms with Crippen LogP contribution in [0.15, 0.2) is 36.7 Å². The average molecular weight is 615 g/mol. The molecule has 3 heterocycles. The fourth-order valence-electron chi connectivity index (χ4n) is 3.93. The minimum absolute atomic E-state index is 0.0825. The Bertz CT molecular complexity index is 1420. The number of carbonyl (C=O) groups excluding carboxylic acids is 1. The lowest BCUT2D eigenvalue weighted by Crippen LogP contribution is -2.44. The summed E-state index contributed by atoms with van der Waals surface area (Å²) in [7, 11) is 0. The van der Waals surface area contributed by atoms with E-state index < -0.39 is 49.6 Å². The molecule has 41 heavy (non-hydrogen) atoms. The predicted molar refractivity (Wildman–Crippen MR) is 148 cm³/mol. The van der Waals surface area contributed by atoms with Crippen LogP contribution in [0.5, 0.6) is 11.6 Å². The fourth-order valence-corrected chi connectivity index (χ4v) is 6.33. The van der Waals surface area contributed by atoms with Crippen LogP contribution in [0.1, 0.15) is 33.9 Å². The molecule has 1 aliphatic rings. The number of nitrogens with two attached hydrogens (primary N) is 1. The predicted octanol–water partition coefficient (Wildman–Crippen LogP) is 1.97. The van der Waals surface area contributed by atoms with Gasteiger partial charge in [0.1, 0.15) is 30.6 Å². The number of carbonyl (C=O) groups is 1. The second kappa shape index (κ2) is 12.5. The number of aromatic nitrogens is 4. The number of ether oxygens (including phenoxy) is 3. The Morgan fingerprint density at radius 2 is 2.00 bits per heavy atom. The third kappa shape index (κ3) is 6.92. The Balaban J connectivity index is 1.57. The van der Waals surface area contributed by atoms with Crippen molar-refractivity contribution in [2.24, 2.45) is 0 Å². The van der Waals surface area contributed by atoms with Crippen molar-refractivity contribution >= 4 is 41.5 Å². The Morgan fingerprint density at radius 3 is 2.66 bits per heavy atom. The van der Waals surface area contributed by atoms with Crippen molar-refractivity contribution in [3.8, 4) is 11.6 Å². The summed E-state index contributed by atoms with van der Waals surface area (Å²) in [5.41, 5.74) is 6.07. The maximum atomic E-state index is 16.1. The second-order valence-electron chi connectivity index (χ2n) is 9.39. The Morgan fingerprint density at radius 1 is 1.29 bits per heavy atom. The number of nitrogen functional groups attached to an aromatic ring is 1. The number of fused-ring (bicyclic) bond motifs is 1. The zero-order valence-corrected chi connectivity index (χ0v) is 24.4. The topological polar surface area (TPSA) is 185 Å². The summed E-state index contributed by atoms with van der Waals surface area (Å²) in [6.45, 7) is 2.22. The van der Waals surface area contributed by atoms with E-state index in [0.717, 1.165) is 0 Å². The van der Waals surface area contributed by atoms with E-state index in [2.05, 4.69) is 20.0 Å². The summed E-state index contributed by atoms with van der Waals surface area (Å²) < 4.78 is 45.1. The Labute approximate surface area is 240 Å². The summed E-state index contributed by atoms with van der Waals surface area (Å²) >= 11 is 5.59. The molecule has 224 valence electrons. The average Bonchev–Trinajstić information content (AvgIpc) is 3.42. The van der Waals surface area contributed by atoms with Gasteiger partial charge in [-0.15, -0.1) is 0 Å². The maximum absolute atomic E-state index is 16.1. The number of esters is 1. The van der Waals surface area contributed by atoms with E-state index >= 15 is 4.39 Å². The highest BCUT2D eigenvalue weighted by molar-refractivity contribution is 8.09. The van der Waals surface area contributed by atoms with E-state index in [-0.39, 0.29) is 35.7 Å². The summed E-state index contributed by atoms with van der Waals surface area (Å²) in [5.74, 6) is -3.36. The van der Waals surface area contributed by atoms with Crippen molar-refractivity contribution in [2.75, 3.05) is 18.9 Å². The highest BCUT2D eigenvalue weighted by atomic mass is 32.5. The first-order chi connectivity index (χ1) is 19.4. The molecule has 0 bridgehead atoms. The lowest BCUT2D eigenvalue weighted by atomic mass is 10.1. The van der Waals surface area contributed by atoms with Gasteiger partial charge in [-0.1, -0.05) is 18.2 Å². The smallest absolute Gasteiger partial charge is 0.323 e. The fraction of sp³-hybridized carbons (Fsp3) is 0.500. The molecule has 4 rings (SSSR count). The lowest BCUT2D eigenvalue weighted by molar-refractivity contribution is -0.202. The van der Waals surface area contributed by atoms with E-state index in [1.807, 2.05) is 0 Å². The highest BCUT2D eigenvalue weighted by Crippen LogP contribution is 2.48. The number of para-hydroxylation sites is 1. The van der Waals surface area contributed by atoms with E-state index in [1.165, 1.54) is 17.8 Å². The molecular weight excluding hydrogens is 582 g/mol. The van der Waals surface area contributed by atoms with E-state index in [0.29, 0.717) is 5.75 Å². The van der Waals surface area contributed by atoms with Gasteiger partial charge in [-0.3, -0.25) is 9.36 Å². The van der Waals surface area contributed by atoms with Crippen LogP contribution in [-0.2, 0) is 30.6 Å². The number of imidazole rings is 1. The van der Waals surface area contributed by atoms with Crippen molar-refractivity contribution in [3.05, 3.63) is 36.7 Å². The first kappa shape index (κ1) is 31.0. The number of hydrogen-bond acceptors (Lipinski definition) is 13. The molecule has 5 N–H and O–H groups in total. The number of alkyl halides is 1. The third-order valence-electron chi connectivity index (χ3n) is 5.79. The van der Waals surface area contributed by atoms with Crippen LogP contribution in [0.2, 0.25) is 0 Å². The molecule has 0 aliphatic carbocycles. The van der Waals surface area contributed by atoms with Crippen LogP contribution in [0, 0.1) is 0 Å².